The number of amides is 1. The number of hydrogen-bond donors (Lipinski definition) is 1. The van der Waals surface area contributed by atoms with Crippen LogP contribution in [0.3, 0.4) is 0 Å². The molecule has 1 amide bonds. The number of nitrogens with one attached hydrogen (secondary N) is 1. The minimum absolute atomic E-state index is 0.108. The number of hydrogen-bond acceptors (Lipinski definition) is 4. The van der Waals surface area contributed by atoms with Gasteiger partial charge in [0.15, 0.2) is 0 Å². The van der Waals surface area contributed by atoms with Gasteiger partial charge in [0, 0.05) is 25.4 Å². The molecule has 7 nitrogen and oxygen atoms in total. The van der Waals surface area contributed by atoms with Crippen molar-refractivity contribution in [1.82, 2.24) is 19.7 Å². The van der Waals surface area contributed by atoms with Gasteiger partial charge in [-0.2, -0.15) is 10.4 Å². The van der Waals surface area contributed by atoms with Crippen LogP contribution in [0, 0.1) is 29.0 Å². The van der Waals surface area contributed by atoms with Crippen molar-refractivity contribution in [2.45, 2.75) is 25.7 Å². The first-order chi connectivity index (χ1) is 15.9. The Labute approximate surface area is 194 Å². The molecular weight excluding hydrogens is 445 g/mol. The molecule has 0 spiro atoms. The van der Waals surface area contributed by atoms with Gasteiger partial charge in [-0.1, -0.05) is 23.7 Å². The van der Waals surface area contributed by atoms with Crippen LogP contribution >= 0.6 is 11.6 Å². The first-order valence-electron chi connectivity index (χ1n) is 10.9. The SMILES string of the molecule is N#Cc1ccc(-c2ccc(-n3c(CC4CCN(C(=O)C5CC5)C4)n[nH]c3=O)c(F)c2)cc1Cl. The third-order valence-electron chi connectivity index (χ3n) is 6.35. The molecule has 5 rings (SSSR count). The largest absolute Gasteiger partial charge is 0.348 e. The van der Waals surface area contributed by atoms with Gasteiger partial charge in [-0.15, -0.1) is 0 Å². The van der Waals surface area contributed by atoms with Crippen LogP contribution in [0.25, 0.3) is 16.8 Å². The smallest absolute Gasteiger partial charge is 0.342 e. The normalized spacial score (nSPS) is 17.8. The molecule has 9 heteroatoms. The molecule has 3 aromatic rings. The van der Waals surface area contributed by atoms with Gasteiger partial charge in [0.2, 0.25) is 5.91 Å². The quantitative estimate of drug-likeness (QED) is 0.621. The Morgan fingerprint density at radius 1 is 1.21 bits per heavy atom. The highest BCUT2D eigenvalue weighted by Gasteiger charge is 2.37. The average Bonchev–Trinajstić information content (AvgIpc) is 3.46. The fourth-order valence-corrected chi connectivity index (χ4v) is 4.64. The first kappa shape index (κ1) is 21.4. The van der Waals surface area contributed by atoms with Crippen molar-refractivity contribution in [2.75, 3.05) is 13.1 Å². The summed E-state index contributed by atoms with van der Waals surface area (Å²) in [6.45, 7) is 1.35. The van der Waals surface area contributed by atoms with Crippen LogP contribution in [0.2, 0.25) is 5.02 Å². The fraction of sp³-hybridized carbons (Fsp3) is 0.333. The van der Waals surface area contributed by atoms with Gasteiger partial charge in [0.05, 0.1) is 16.3 Å². The summed E-state index contributed by atoms with van der Waals surface area (Å²) in [5.41, 5.74) is 1.18. The second-order valence-corrected chi connectivity index (χ2v) is 9.08. The van der Waals surface area contributed by atoms with E-state index in [4.69, 9.17) is 16.9 Å². The van der Waals surface area contributed by atoms with Gasteiger partial charge in [-0.3, -0.25) is 4.79 Å². The third-order valence-corrected chi connectivity index (χ3v) is 6.66. The number of halogens is 2. The Balaban J connectivity index is 1.38. The molecule has 2 aliphatic rings. The lowest BCUT2D eigenvalue weighted by molar-refractivity contribution is -0.131. The van der Waals surface area contributed by atoms with Gasteiger partial charge >= 0.3 is 5.69 Å². The first-order valence-corrected chi connectivity index (χ1v) is 11.3. The molecule has 1 saturated carbocycles. The number of nitriles is 1. The van der Waals surface area contributed by atoms with Crippen LogP contribution in [-0.4, -0.2) is 38.7 Å². The number of likely N-dealkylation sites (tertiary alicyclic amines) is 1. The number of H-pyrrole nitrogens is 1. The summed E-state index contributed by atoms with van der Waals surface area (Å²) in [6.07, 6.45) is 3.26. The molecule has 2 aromatic carbocycles. The maximum absolute atomic E-state index is 15.1. The number of nitrogens with zero attached hydrogens (tertiary/aromatic N) is 4. The summed E-state index contributed by atoms with van der Waals surface area (Å²) in [4.78, 5) is 26.7. The van der Waals surface area contributed by atoms with Gasteiger partial charge in [-0.25, -0.2) is 18.9 Å². The summed E-state index contributed by atoms with van der Waals surface area (Å²) < 4.78 is 16.4. The van der Waals surface area contributed by atoms with E-state index < -0.39 is 11.5 Å². The zero-order valence-electron chi connectivity index (χ0n) is 17.7. The minimum atomic E-state index is -0.574. The van der Waals surface area contributed by atoms with E-state index in [-0.39, 0.29) is 23.4 Å². The lowest BCUT2D eigenvalue weighted by Crippen LogP contribution is -2.30. The Kier molecular flexibility index (Phi) is 5.51. The van der Waals surface area contributed by atoms with E-state index in [1.165, 1.54) is 16.7 Å². The summed E-state index contributed by atoms with van der Waals surface area (Å²) in [5.74, 6) is 0.450. The summed E-state index contributed by atoms with van der Waals surface area (Å²) in [7, 11) is 0. The number of carbonyl (C=O) groups excluding carboxylic acids is 1. The zero-order chi connectivity index (χ0) is 23.1. The van der Waals surface area contributed by atoms with Crippen molar-refractivity contribution in [2.24, 2.45) is 11.8 Å². The second-order valence-electron chi connectivity index (χ2n) is 8.67. The topological polar surface area (TPSA) is 94.8 Å². The number of aromatic nitrogens is 3. The van der Waals surface area contributed by atoms with E-state index in [1.807, 2.05) is 11.0 Å². The Morgan fingerprint density at radius 3 is 2.67 bits per heavy atom. The lowest BCUT2D eigenvalue weighted by Gasteiger charge is -2.16. The third kappa shape index (κ3) is 4.16. The maximum atomic E-state index is 15.1. The van der Waals surface area contributed by atoms with Crippen molar-refractivity contribution in [3.05, 3.63) is 69.1 Å². The van der Waals surface area contributed by atoms with Gasteiger partial charge in [0.1, 0.15) is 17.7 Å². The second kappa shape index (κ2) is 8.49. The lowest BCUT2D eigenvalue weighted by atomic mass is 10.0. The molecule has 33 heavy (non-hydrogen) atoms. The molecule has 1 unspecified atom stereocenters. The minimum Gasteiger partial charge on any atom is -0.342 e. The van der Waals surface area contributed by atoms with E-state index >= 15 is 4.39 Å². The molecule has 2 fully saturated rings. The van der Waals surface area contributed by atoms with Crippen molar-refractivity contribution < 1.29 is 9.18 Å². The van der Waals surface area contributed by atoms with Crippen LogP contribution in [0.15, 0.2) is 41.2 Å². The molecule has 1 aromatic heterocycles. The summed E-state index contributed by atoms with van der Waals surface area (Å²) >= 11 is 6.11. The number of benzene rings is 2. The Morgan fingerprint density at radius 2 is 1.97 bits per heavy atom. The van der Waals surface area contributed by atoms with E-state index in [1.54, 1.807) is 24.3 Å². The standard InChI is InChI=1S/C24H21ClFN5O2/c25-19-10-16(3-4-18(19)12-27)17-5-6-21(20(26)11-17)31-22(28-29-24(31)33)9-14-7-8-30(13-14)23(32)15-1-2-15/h3-6,10-11,14-15H,1-2,7-9,13H2,(H,29,33). The highest BCUT2D eigenvalue weighted by molar-refractivity contribution is 6.32. The van der Waals surface area contributed by atoms with E-state index in [0.29, 0.717) is 47.0 Å². The van der Waals surface area contributed by atoms with Crippen molar-refractivity contribution >= 4 is 17.5 Å². The van der Waals surface area contributed by atoms with Crippen LogP contribution in [0.4, 0.5) is 4.39 Å². The molecule has 0 bridgehead atoms. The molecule has 1 N–H and O–H groups in total. The van der Waals surface area contributed by atoms with E-state index in [2.05, 4.69) is 10.2 Å². The highest BCUT2D eigenvalue weighted by Crippen LogP contribution is 2.33. The number of carbonyl (C=O) groups is 1. The number of rotatable bonds is 5. The summed E-state index contributed by atoms with van der Waals surface area (Å²) in [6, 6.07) is 11.5. The molecule has 0 radical (unpaired) electrons. The van der Waals surface area contributed by atoms with Gasteiger partial charge in [0.25, 0.3) is 0 Å². The summed E-state index contributed by atoms with van der Waals surface area (Å²) in [5, 5.41) is 15.9. The van der Waals surface area contributed by atoms with Crippen LogP contribution in [0.5, 0.6) is 0 Å². The number of aromatic amines is 1. The molecule has 168 valence electrons. The Hall–Kier alpha value is -3.44. The zero-order valence-corrected chi connectivity index (χ0v) is 18.5. The van der Waals surface area contributed by atoms with Gasteiger partial charge < -0.3 is 4.90 Å². The molecule has 2 heterocycles. The predicted molar refractivity (Wildman–Crippen MR) is 120 cm³/mol. The van der Waals surface area contributed by atoms with E-state index in [0.717, 1.165) is 19.3 Å². The van der Waals surface area contributed by atoms with Gasteiger partial charge in [-0.05, 0) is 60.6 Å². The molecule has 1 saturated heterocycles. The predicted octanol–water partition coefficient (Wildman–Crippen LogP) is 3.69. The molecular formula is C24H21ClFN5O2. The fourth-order valence-electron chi connectivity index (χ4n) is 4.41. The molecule has 1 aliphatic carbocycles. The Bertz CT molecular complexity index is 1340. The molecule has 1 atom stereocenters. The highest BCUT2D eigenvalue weighted by atomic mass is 35.5. The van der Waals surface area contributed by atoms with E-state index in [9.17, 15) is 9.59 Å². The van der Waals surface area contributed by atoms with Crippen molar-refractivity contribution in [1.29, 1.82) is 5.26 Å². The molecule has 1 aliphatic heterocycles. The van der Waals surface area contributed by atoms with Crippen LogP contribution < -0.4 is 5.69 Å². The van der Waals surface area contributed by atoms with Crippen LogP contribution in [0.1, 0.15) is 30.7 Å². The van der Waals surface area contributed by atoms with Crippen molar-refractivity contribution in [3.8, 4) is 22.9 Å². The van der Waals surface area contributed by atoms with Crippen LogP contribution in [-0.2, 0) is 11.2 Å². The van der Waals surface area contributed by atoms with Crippen molar-refractivity contribution in [3.63, 3.8) is 0 Å². The maximum Gasteiger partial charge on any atom is 0.348 e. The monoisotopic (exact) mass is 465 g/mol. The average molecular weight is 466 g/mol.